The predicted molar refractivity (Wildman–Crippen MR) is 58.0 cm³/mol. The van der Waals surface area contributed by atoms with Crippen molar-refractivity contribution >= 4 is 28.5 Å². The number of nitrogens with one attached hydrogen (secondary N) is 2. The van der Waals surface area contributed by atoms with Gasteiger partial charge in [-0.25, -0.2) is 9.79 Å². The lowest BCUT2D eigenvalue weighted by Crippen LogP contribution is -2.23. The average molecular weight is 228 g/mol. The molecule has 80 valence electrons. The maximum absolute atomic E-state index is 11.2. The molecule has 6 heteroatoms. The van der Waals surface area contributed by atoms with Crippen molar-refractivity contribution in [3.63, 3.8) is 0 Å². The minimum absolute atomic E-state index is 0.167. The van der Waals surface area contributed by atoms with Gasteiger partial charge < -0.3 is 10.1 Å². The van der Waals surface area contributed by atoms with Crippen molar-refractivity contribution in [2.45, 2.75) is 6.92 Å². The van der Waals surface area contributed by atoms with Crippen molar-refractivity contribution in [2.75, 3.05) is 7.11 Å². The molecule has 1 aliphatic rings. The molecule has 0 aromatic rings. The van der Waals surface area contributed by atoms with Crippen molar-refractivity contribution in [3.05, 3.63) is 23.7 Å². The Morgan fingerprint density at radius 1 is 1.73 bits per heavy atom. The van der Waals surface area contributed by atoms with Crippen molar-refractivity contribution in [3.8, 4) is 0 Å². The number of carbonyl (C=O) groups is 1. The van der Waals surface area contributed by atoms with Crippen LogP contribution in [0.3, 0.4) is 0 Å². The minimum atomic E-state index is -0.525. The van der Waals surface area contributed by atoms with Gasteiger partial charge in [-0.05, 0) is 13.0 Å². The predicted octanol–water partition coefficient (Wildman–Crippen LogP) is 1.16. The summed E-state index contributed by atoms with van der Waals surface area (Å²) >= 11 is 5.38. The summed E-state index contributed by atoms with van der Waals surface area (Å²) in [5, 5.41) is 9.75. The molecule has 0 aliphatic carbocycles. The van der Waals surface area contributed by atoms with Crippen molar-refractivity contribution < 1.29 is 9.53 Å². The van der Waals surface area contributed by atoms with Gasteiger partial charge in [-0.1, -0.05) is 11.6 Å². The van der Waals surface area contributed by atoms with E-state index in [1.165, 1.54) is 13.2 Å². The molecule has 0 atom stereocenters. The SMILES string of the molecule is COC(=O)C1=N/C(=C/C(=N)Cl)NC(C)=C1. The molecule has 1 rings (SSSR count). The van der Waals surface area contributed by atoms with E-state index in [4.69, 9.17) is 17.0 Å². The van der Waals surface area contributed by atoms with Crippen LogP contribution in [0.5, 0.6) is 0 Å². The Balaban J connectivity index is 3.01. The van der Waals surface area contributed by atoms with Crippen LogP contribution in [0.25, 0.3) is 0 Å². The topological polar surface area (TPSA) is 74.5 Å². The summed E-state index contributed by atoms with van der Waals surface area (Å²) in [6.45, 7) is 1.77. The van der Waals surface area contributed by atoms with Crippen molar-refractivity contribution in [2.24, 2.45) is 4.99 Å². The summed E-state index contributed by atoms with van der Waals surface area (Å²) in [4.78, 5) is 15.1. The Morgan fingerprint density at radius 3 is 2.93 bits per heavy atom. The first-order valence-electron chi connectivity index (χ1n) is 4.11. The van der Waals surface area contributed by atoms with Gasteiger partial charge in [0.1, 0.15) is 11.0 Å². The molecule has 0 saturated carbocycles. The highest BCUT2D eigenvalue weighted by Gasteiger charge is 2.14. The third-order valence-corrected chi connectivity index (χ3v) is 1.69. The Morgan fingerprint density at radius 2 is 2.40 bits per heavy atom. The molecular formula is C9H10ClN3O2. The van der Waals surface area contributed by atoms with E-state index < -0.39 is 5.97 Å². The summed E-state index contributed by atoms with van der Waals surface area (Å²) in [5.74, 6) is -0.182. The number of ether oxygens (including phenoxy) is 1. The summed E-state index contributed by atoms with van der Waals surface area (Å²) in [7, 11) is 1.28. The highest BCUT2D eigenvalue weighted by molar-refractivity contribution is 6.67. The number of allylic oxidation sites excluding steroid dienone is 2. The van der Waals surface area contributed by atoms with Crippen LogP contribution in [0.1, 0.15) is 6.92 Å². The van der Waals surface area contributed by atoms with Crippen LogP contribution in [-0.2, 0) is 9.53 Å². The van der Waals surface area contributed by atoms with Gasteiger partial charge in [-0.2, -0.15) is 0 Å². The van der Waals surface area contributed by atoms with E-state index in [2.05, 4.69) is 15.0 Å². The fraction of sp³-hybridized carbons (Fsp3) is 0.222. The second-order valence-corrected chi connectivity index (χ2v) is 3.23. The summed E-state index contributed by atoms with van der Waals surface area (Å²) < 4.78 is 4.54. The smallest absolute Gasteiger partial charge is 0.356 e. The first kappa shape index (κ1) is 11.5. The van der Waals surface area contributed by atoms with E-state index >= 15 is 0 Å². The lowest BCUT2D eigenvalue weighted by Gasteiger charge is -2.13. The van der Waals surface area contributed by atoms with Crippen LogP contribution in [0.4, 0.5) is 0 Å². The van der Waals surface area contributed by atoms with E-state index in [0.29, 0.717) is 5.82 Å². The highest BCUT2D eigenvalue weighted by atomic mass is 35.5. The molecule has 5 nitrogen and oxygen atoms in total. The number of hydrogen-bond donors (Lipinski definition) is 2. The zero-order chi connectivity index (χ0) is 11.4. The molecule has 0 aromatic heterocycles. The Bertz CT molecular complexity index is 396. The maximum Gasteiger partial charge on any atom is 0.356 e. The molecule has 1 aliphatic heterocycles. The molecule has 0 spiro atoms. The lowest BCUT2D eigenvalue weighted by molar-refractivity contribution is -0.132. The van der Waals surface area contributed by atoms with Gasteiger partial charge in [0.2, 0.25) is 0 Å². The number of methoxy groups -OCH3 is 1. The maximum atomic E-state index is 11.2. The molecule has 0 saturated heterocycles. The Kier molecular flexibility index (Phi) is 3.62. The van der Waals surface area contributed by atoms with Gasteiger partial charge in [0, 0.05) is 11.8 Å². The van der Waals surface area contributed by atoms with Crippen LogP contribution in [0.15, 0.2) is 28.7 Å². The van der Waals surface area contributed by atoms with Crippen molar-refractivity contribution in [1.29, 1.82) is 5.41 Å². The molecule has 0 radical (unpaired) electrons. The molecule has 0 unspecified atom stereocenters. The highest BCUT2D eigenvalue weighted by Crippen LogP contribution is 2.07. The van der Waals surface area contributed by atoms with E-state index in [1.807, 2.05) is 0 Å². The Labute approximate surface area is 92.0 Å². The molecule has 1 heterocycles. The fourth-order valence-corrected chi connectivity index (χ4v) is 1.13. The second-order valence-electron chi connectivity index (χ2n) is 2.82. The number of esters is 1. The average Bonchev–Trinajstić information content (AvgIpc) is 2.14. The fourth-order valence-electron chi connectivity index (χ4n) is 1.03. The molecule has 15 heavy (non-hydrogen) atoms. The van der Waals surface area contributed by atoms with Gasteiger partial charge in [-0.3, -0.25) is 5.41 Å². The number of nitrogens with zero attached hydrogens (tertiary/aromatic N) is 1. The van der Waals surface area contributed by atoms with E-state index in [9.17, 15) is 4.79 Å². The number of halogens is 1. The van der Waals surface area contributed by atoms with E-state index in [-0.39, 0.29) is 10.9 Å². The first-order chi connectivity index (χ1) is 7.02. The molecule has 2 N–H and O–H groups in total. The number of aliphatic imine (C=N–C) groups is 1. The standard InChI is InChI=1S/C9H10ClN3O2/c1-5-3-6(9(14)15-2)13-8(12-5)4-7(10)11/h3-4,11-12H,1-2H3/b8-4+,11-7?. The normalized spacial score (nSPS) is 17.7. The van der Waals surface area contributed by atoms with Gasteiger partial charge in [0.05, 0.1) is 7.11 Å². The Hall–Kier alpha value is -1.62. The molecule has 0 fully saturated rings. The summed E-state index contributed by atoms with van der Waals surface area (Å²) in [5.41, 5.74) is 0.910. The third-order valence-electron chi connectivity index (χ3n) is 1.58. The largest absolute Gasteiger partial charge is 0.464 e. The van der Waals surface area contributed by atoms with Crippen LogP contribution >= 0.6 is 11.6 Å². The van der Waals surface area contributed by atoms with E-state index in [1.54, 1.807) is 13.0 Å². The summed E-state index contributed by atoms with van der Waals surface area (Å²) in [6.07, 6.45) is 2.86. The zero-order valence-electron chi connectivity index (χ0n) is 8.30. The van der Waals surface area contributed by atoms with Gasteiger partial charge in [0.15, 0.2) is 5.71 Å². The van der Waals surface area contributed by atoms with Gasteiger partial charge >= 0.3 is 5.97 Å². The number of rotatable bonds is 2. The third kappa shape index (κ3) is 3.21. The lowest BCUT2D eigenvalue weighted by atomic mass is 10.2. The van der Waals surface area contributed by atoms with Crippen LogP contribution < -0.4 is 5.32 Å². The second kappa shape index (κ2) is 4.75. The van der Waals surface area contributed by atoms with Gasteiger partial charge in [0.25, 0.3) is 0 Å². The summed E-state index contributed by atoms with van der Waals surface area (Å²) in [6, 6.07) is 0. The minimum Gasteiger partial charge on any atom is -0.464 e. The molecule has 0 bridgehead atoms. The van der Waals surface area contributed by atoms with Crippen molar-refractivity contribution in [1.82, 2.24) is 5.32 Å². The van der Waals surface area contributed by atoms with Crippen LogP contribution in [0, 0.1) is 5.41 Å². The zero-order valence-corrected chi connectivity index (χ0v) is 9.05. The molecule has 0 aromatic carbocycles. The quantitative estimate of drug-likeness (QED) is 0.549. The van der Waals surface area contributed by atoms with Crippen LogP contribution in [0.2, 0.25) is 0 Å². The number of carbonyl (C=O) groups excluding carboxylic acids is 1. The number of hydrogen-bond acceptors (Lipinski definition) is 5. The van der Waals surface area contributed by atoms with Gasteiger partial charge in [-0.15, -0.1) is 0 Å². The van der Waals surface area contributed by atoms with Crippen LogP contribution in [-0.4, -0.2) is 24.0 Å². The molecular weight excluding hydrogens is 218 g/mol. The van der Waals surface area contributed by atoms with E-state index in [0.717, 1.165) is 5.70 Å². The molecule has 0 amide bonds. The first-order valence-corrected chi connectivity index (χ1v) is 4.49. The monoisotopic (exact) mass is 227 g/mol.